The molecule has 1 aliphatic rings. The summed E-state index contributed by atoms with van der Waals surface area (Å²) in [5.74, 6) is 0.501. The second kappa shape index (κ2) is 8.85. The molecule has 0 aromatic carbocycles. The van der Waals surface area contributed by atoms with E-state index in [0.717, 1.165) is 30.7 Å². The summed E-state index contributed by atoms with van der Waals surface area (Å²) >= 11 is 2.80. The number of aryl methyl sites for hydroxylation is 2. The molecule has 5 nitrogen and oxygen atoms in total. The van der Waals surface area contributed by atoms with Gasteiger partial charge in [-0.05, 0) is 55.6 Å². The molecule has 1 aliphatic carbocycles. The zero-order chi connectivity index (χ0) is 21.2. The van der Waals surface area contributed by atoms with E-state index in [1.807, 2.05) is 25.3 Å². The fourth-order valence-corrected chi connectivity index (χ4v) is 5.30. The second-order valence-electron chi connectivity index (χ2n) is 8.66. The zero-order valence-corrected chi connectivity index (χ0v) is 19.3. The van der Waals surface area contributed by atoms with E-state index in [1.54, 1.807) is 0 Å². The number of nitrogens with one attached hydrogen (secondary N) is 1. The molecule has 1 N–H and O–H groups in total. The average molecular weight is 429 g/mol. The minimum Gasteiger partial charge on any atom is -0.301 e. The average Bonchev–Trinajstić information content (AvgIpc) is 3.08. The molecule has 0 fully saturated rings. The first kappa shape index (κ1) is 21.8. The molecule has 2 aromatic rings. The van der Waals surface area contributed by atoms with Crippen molar-refractivity contribution in [2.24, 2.45) is 11.3 Å². The van der Waals surface area contributed by atoms with Crippen LogP contribution in [0.3, 0.4) is 0 Å². The van der Waals surface area contributed by atoms with Crippen molar-refractivity contribution >= 4 is 34.1 Å². The molecule has 29 heavy (non-hydrogen) atoms. The Morgan fingerprint density at radius 3 is 2.79 bits per heavy atom. The number of hydrogen-bond acceptors (Lipinski definition) is 6. The number of thioether (sulfide) groups is 1. The summed E-state index contributed by atoms with van der Waals surface area (Å²) in [7, 11) is 0. The van der Waals surface area contributed by atoms with Crippen molar-refractivity contribution in [2.45, 2.75) is 70.6 Å². The molecule has 2 atom stereocenters. The van der Waals surface area contributed by atoms with Crippen LogP contribution in [0.5, 0.6) is 0 Å². The number of anilines is 1. The number of pyridine rings is 1. The van der Waals surface area contributed by atoms with Crippen LogP contribution in [-0.2, 0) is 17.6 Å². The lowest BCUT2D eigenvalue weighted by Crippen LogP contribution is -2.28. The molecule has 7 heteroatoms. The van der Waals surface area contributed by atoms with Gasteiger partial charge in [0.2, 0.25) is 5.91 Å². The minimum absolute atomic E-state index is 0.0944. The highest BCUT2D eigenvalue weighted by Crippen LogP contribution is 2.38. The van der Waals surface area contributed by atoms with Gasteiger partial charge in [-0.2, -0.15) is 5.26 Å². The first-order valence-electron chi connectivity index (χ1n) is 10.0. The Hall–Kier alpha value is -1.91. The van der Waals surface area contributed by atoms with Gasteiger partial charge in [-0.3, -0.25) is 4.79 Å². The predicted molar refractivity (Wildman–Crippen MR) is 119 cm³/mol. The van der Waals surface area contributed by atoms with E-state index in [1.165, 1.54) is 28.7 Å². The number of rotatable bonds is 5. The van der Waals surface area contributed by atoms with E-state index in [2.05, 4.69) is 37.1 Å². The molecule has 154 valence electrons. The van der Waals surface area contributed by atoms with Crippen LogP contribution in [-0.4, -0.2) is 21.1 Å². The SMILES string of the molecule is CCC(Sc1nc2c(cc1C#N)CC(C(C)(C)C)CC2)C(=O)Nc1nc(C)cs1. The third kappa shape index (κ3) is 5.18. The number of hydrogen-bond donors (Lipinski definition) is 1. The zero-order valence-electron chi connectivity index (χ0n) is 17.7. The Morgan fingerprint density at radius 1 is 1.45 bits per heavy atom. The molecular weight excluding hydrogens is 400 g/mol. The fraction of sp³-hybridized carbons (Fsp3) is 0.545. The molecule has 0 saturated heterocycles. The number of carbonyl (C=O) groups is 1. The first-order valence-corrected chi connectivity index (χ1v) is 11.8. The van der Waals surface area contributed by atoms with Gasteiger partial charge in [-0.15, -0.1) is 11.3 Å². The van der Waals surface area contributed by atoms with E-state index >= 15 is 0 Å². The monoisotopic (exact) mass is 428 g/mol. The maximum Gasteiger partial charge on any atom is 0.239 e. The highest BCUT2D eigenvalue weighted by Gasteiger charge is 2.30. The van der Waals surface area contributed by atoms with Crippen molar-refractivity contribution in [2.75, 3.05) is 5.32 Å². The maximum absolute atomic E-state index is 12.7. The quantitative estimate of drug-likeness (QED) is 0.647. The smallest absolute Gasteiger partial charge is 0.239 e. The van der Waals surface area contributed by atoms with Crippen LogP contribution in [0.2, 0.25) is 0 Å². The van der Waals surface area contributed by atoms with Crippen LogP contribution in [0.25, 0.3) is 0 Å². The van der Waals surface area contributed by atoms with Crippen LogP contribution in [0.1, 0.15) is 63.1 Å². The summed E-state index contributed by atoms with van der Waals surface area (Å²) in [4.78, 5) is 21.9. The largest absolute Gasteiger partial charge is 0.301 e. The number of nitrogens with zero attached hydrogens (tertiary/aromatic N) is 3. The fourth-order valence-electron chi connectivity index (χ4n) is 3.61. The lowest BCUT2D eigenvalue weighted by Gasteiger charge is -2.34. The summed E-state index contributed by atoms with van der Waals surface area (Å²) in [6.07, 6.45) is 3.65. The second-order valence-corrected chi connectivity index (χ2v) is 10.7. The minimum atomic E-state index is -0.317. The van der Waals surface area contributed by atoms with Gasteiger partial charge in [0, 0.05) is 11.1 Å². The van der Waals surface area contributed by atoms with Crippen LogP contribution >= 0.6 is 23.1 Å². The molecule has 0 bridgehead atoms. The number of amides is 1. The van der Waals surface area contributed by atoms with Gasteiger partial charge < -0.3 is 5.32 Å². The summed E-state index contributed by atoms with van der Waals surface area (Å²) in [6, 6.07) is 4.29. The molecule has 0 spiro atoms. The third-order valence-corrected chi connectivity index (χ3v) is 7.71. The summed E-state index contributed by atoms with van der Waals surface area (Å²) in [6.45, 7) is 10.7. The lowest BCUT2D eigenvalue weighted by molar-refractivity contribution is -0.115. The molecule has 1 amide bonds. The Bertz CT molecular complexity index is 939. The molecule has 0 aliphatic heterocycles. The number of aromatic nitrogens is 2. The topological polar surface area (TPSA) is 78.7 Å². The van der Waals surface area contributed by atoms with Gasteiger partial charge in [0.1, 0.15) is 11.1 Å². The van der Waals surface area contributed by atoms with Crippen molar-refractivity contribution < 1.29 is 4.79 Å². The van der Waals surface area contributed by atoms with Gasteiger partial charge >= 0.3 is 0 Å². The molecule has 0 saturated carbocycles. The van der Waals surface area contributed by atoms with Gasteiger partial charge in [-0.1, -0.05) is 39.5 Å². The van der Waals surface area contributed by atoms with E-state index in [4.69, 9.17) is 4.98 Å². The van der Waals surface area contributed by atoms with E-state index in [0.29, 0.717) is 28.1 Å². The summed E-state index contributed by atoms with van der Waals surface area (Å²) < 4.78 is 0. The number of fused-ring (bicyclic) bond motifs is 1. The van der Waals surface area contributed by atoms with E-state index in [9.17, 15) is 10.1 Å². The van der Waals surface area contributed by atoms with E-state index < -0.39 is 0 Å². The molecule has 2 aromatic heterocycles. The predicted octanol–water partition coefficient (Wildman–Crippen LogP) is 5.38. The van der Waals surface area contributed by atoms with Crippen LogP contribution in [0, 0.1) is 29.6 Å². The van der Waals surface area contributed by atoms with Gasteiger partial charge in [0.05, 0.1) is 16.5 Å². The van der Waals surface area contributed by atoms with Crippen molar-refractivity contribution in [1.29, 1.82) is 5.26 Å². The third-order valence-electron chi connectivity index (χ3n) is 5.46. The number of carbonyl (C=O) groups excluding carboxylic acids is 1. The highest BCUT2D eigenvalue weighted by molar-refractivity contribution is 8.00. The molecular formula is C22H28N4OS2. The van der Waals surface area contributed by atoms with Crippen molar-refractivity contribution in [3.05, 3.63) is 34.0 Å². The number of nitriles is 1. The molecule has 2 heterocycles. The standard InChI is InChI=1S/C22H28N4OS2/c1-6-18(19(27)26-21-24-13(2)12-28-21)29-20-15(11-23)9-14-10-16(22(3,4)5)7-8-17(14)25-20/h9,12,16,18H,6-8,10H2,1-5H3,(H,24,26,27). The van der Waals surface area contributed by atoms with Gasteiger partial charge in [0.25, 0.3) is 0 Å². The van der Waals surface area contributed by atoms with Crippen molar-refractivity contribution in [1.82, 2.24) is 9.97 Å². The first-order chi connectivity index (χ1) is 13.7. The van der Waals surface area contributed by atoms with E-state index in [-0.39, 0.29) is 16.6 Å². The Balaban J connectivity index is 1.79. The molecule has 0 radical (unpaired) electrons. The maximum atomic E-state index is 12.7. The Kier molecular flexibility index (Phi) is 6.65. The molecule has 3 rings (SSSR count). The van der Waals surface area contributed by atoms with Crippen molar-refractivity contribution in [3.63, 3.8) is 0 Å². The Labute approximate surface area is 181 Å². The number of thiazole rings is 1. The highest BCUT2D eigenvalue weighted by atomic mass is 32.2. The van der Waals surface area contributed by atoms with Crippen LogP contribution < -0.4 is 5.32 Å². The van der Waals surface area contributed by atoms with Crippen LogP contribution in [0.15, 0.2) is 16.5 Å². The summed E-state index contributed by atoms with van der Waals surface area (Å²) in [5.41, 5.74) is 3.98. The van der Waals surface area contributed by atoms with Crippen molar-refractivity contribution in [3.8, 4) is 6.07 Å². The lowest BCUT2D eigenvalue weighted by atomic mass is 9.71. The van der Waals surface area contributed by atoms with Crippen LogP contribution in [0.4, 0.5) is 5.13 Å². The Morgan fingerprint density at radius 2 is 2.21 bits per heavy atom. The normalized spacial score (nSPS) is 17.3. The van der Waals surface area contributed by atoms with Gasteiger partial charge in [-0.25, -0.2) is 9.97 Å². The molecule has 2 unspecified atom stereocenters. The van der Waals surface area contributed by atoms with Gasteiger partial charge in [0.15, 0.2) is 5.13 Å². The summed E-state index contributed by atoms with van der Waals surface area (Å²) in [5, 5.41) is 15.5.